The normalized spacial score (nSPS) is 22.7. The molecule has 1 aliphatic rings. The van der Waals surface area contributed by atoms with Gasteiger partial charge in [0.2, 0.25) is 0 Å². The highest BCUT2D eigenvalue weighted by atomic mass is 32.2. The van der Waals surface area contributed by atoms with Crippen LogP contribution in [0.5, 0.6) is 0 Å². The van der Waals surface area contributed by atoms with Crippen LogP contribution in [0.15, 0.2) is 59.5 Å². The molecule has 3 heteroatoms. The van der Waals surface area contributed by atoms with E-state index in [-0.39, 0.29) is 12.1 Å². The van der Waals surface area contributed by atoms with Crippen molar-refractivity contribution in [3.05, 3.63) is 60.2 Å². The van der Waals surface area contributed by atoms with Gasteiger partial charge in [0.25, 0.3) is 0 Å². The van der Waals surface area contributed by atoms with Gasteiger partial charge in [0.05, 0.1) is 12.1 Å². The molecule has 0 fully saturated rings. The van der Waals surface area contributed by atoms with Crippen LogP contribution in [0.3, 0.4) is 0 Å². The van der Waals surface area contributed by atoms with Crippen LogP contribution in [0.25, 0.3) is 0 Å². The molecule has 0 radical (unpaired) electrons. The number of hydrogen-bond acceptors (Lipinski definition) is 3. The fourth-order valence-electron chi connectivity index (χ4n) is 2.21. The third-order valence-corrected chi connectivity index (χ3v) is 4.33. The lowest BCUT2D eigenvalue weighted by Gasteiger charge is -2.22. The Morgan fingerprint density at radius 1 is 1.00 bits per heavy atom. The predicted octanol–water partition coefficient (Wildman–Crippen LogP) is 3.31. The number of anilines is 1. The maximum Gasteiger partial charge on any atom is 0.0876 e. The average Bonchev–Trinajstić information content (AvgIpc) is 2.60. The van der Waals surface area contributed by atoms with Crippen molar-refractivity contribution < 1.29 is 5.11 Å². The highest BCUT2D eigenvalue weighted by molar-refractivity contribution is 7.99. The molecular weight excluding hydrogens is 242 g/mol. The van der Waals surface area contributed by atoms with E-state index in [1.54, 1.807) is 11.8 Å². The Balaban J connectivity index is 1.96. The number of hydrogen-bond donors (Lipinski definition) is 2. The Morgan fingerprint density at radius 3 is 2.56 bits per heavy atom. The van der Waals surface area contributed by atoms with Crippen LogP contribution < -0.4 is 5.32 Å². The monoisotopic (exact) mass is 257 g/mol. The van der Waals surface area contributed by atoms with E-state index < -0.39 is 0 Å². The highest BCUT2D eigenvalue weighted by Gasteiger charge is 2.25. The van der Waals surface area contributed by atoms with E-state index in [0.29, 0.717) is 5.75 Å². The summed E-state index contributed by atoms with van der Waals surface area (Å²) in [6, 6.07) is 18.3. The Hall–Kier alpha value is -1.45. The van der Waals surface area contributed by atoms with Crippen LogP contribution in [0.1, 0.15) is 11.6 Å². The van der Waals surface area contributed by atoms with Gasteiger partial charge in [-0.2, -0.15) is 0 Å². The lowest BCUT2D eigenvalue weighted by molar-refractivity contribution is 0.177. The van der Waals surface area contributed by atoms with Crippen molar-refractivity contribution >= 4 is 17.4 Å². The van der Waals surface area contributed by atoms with E-state index in [1.807, 2.05) is 30.3 Å². The summed E-state index contributed by atoms with van der Waals surface area (Å²) >= 11 is 1.70. The summed E-state index contributed by atoms with van der Waals surface area (Å²) in [7, 11) is 0. The molecule has 2 aromatic rings. The Labute approximate surface area is 111 Å². The molecule has 0 spiro atoms. The van der Waals surface area contributed by atoms with Gasteiger partial charge < -0.3 is 10.4 Å². The van der Waals surface area contributed by atoms with E-state index >= 15 is 0 Å². The highest BCUT2D eigenvalue weighted by Crippen LogP contribution is 2.36. The molecule has 2 N–H and O–H groups in total. The number of fused-ring (bicyclic) bond motifs is 1. The van der Waals surface area contributed by atoms with Gasteiger partial charge in [-0.25, -0.2) is 0 Å². The van der Waals surface area contributed by atoms with Gasteiger partial charge in [-0.05, 0) is 17.7 Å². The molecule has 0 unspecified atom stereocenters. The van der Waals surface area contributed by atoms with Gasteiger partial charge >= 0.3 is 0 Å². The first-order chi connectivity index (χ1) is 8.84. The minimum Gasteiger partial charge on any atom is -0.390 e. The third kappa shape index (κ3) is 2.24. The van der Waals surface area contributed by atoms with Crippen LogP contribution in [-0.2, 0) is 0 Å². The summed E-state index contributed by atoms with van der Waals surface area (Å²) in [6.45, 7) is 0. The molecule has 1 aliphatic heterocycles. The summed E-state index contributed by atoms with van der Waals surface area (Å²) < 4.78 is 0. The van der Waals surface area contributed by atoms with Gasteiger partial charge in [0, 0.05) is 16.3 Å². The fourth-order valence-corrected chi connectivity index (χ4v) is 3.21. The lowest BCUT2D eigenvalue weighted by Crippen LogP contribution is -2.26. The number of para-hydroxylation sites is 1. The summed E-state index contributed by atoms with van der Waals surface area (Å²) in [5.41, 5.74) is 2.23. The Bertz CT molecular complexity index is 529. The molecule has 2 nitrogen and oxygen atoms in total. The van der Waals surface area contributed by atoms with Crippen molar-refractivity contribution in [3.63, 3.8) is 0 Å². The minimum atomic E-state index is -0.384. The summed E-state index contributed by atoms with van der Waals surface area (Å²) in [6.07, 6.45) is -0.384. The molecule has 3 rings (SSSR count). The molecular formula is C15H15NOS. The van der Waals surface area contributed by atoms with Crippen molar-refractivity contribution in [2.75, 3.05) is 11.1 Å². The Kier molecular flexibility index (Phi) is 3.26. The van der Waals surface area contributed by atoms with E-state index in [2.05, 4.69) is 29.6 Å². The number of aliphatic hydroxyl groups is 1. The number of rotatable bonds is 1. The topological polar surface area (TPSA) is 32.3 Å². The molecule has 2 aromatic carbocycles. The fraction of sp³-hybridized carbons (Fsp3) is 0.200. The second kappa shape index (κ2) is 5.04. The maximum atomic E-state index is 10.3. The van der Waals surface area contributed by atoms with E-state index in [9.17, 15) is 5.11 Å². The average molecular weight is 257 g/mol. The van der Waals surface area contributed by atoms with Gasteiger partial charge in [-0.15, -0.1) is 11.8 Å². The van der Waals surface area contributed by atoms with Gasteiger partial charge in [0.1, 0.15) is 0 Å². The van der Waals surface area contributed by atoms with E-state index in [0.717, 1.165) is 11.3 Å². The Morgan fingerprint density at radius 2 is 1.72 bits per heavy atom. The van der Waals surface area contributed by atoms with Crippen molar-refractivity contribution in [3.8, 4) is 0 Å². The predicted molar refractivity (Wildman–Crippen MR) is 76.0 cm³/mol. The van der Waals surface area contributed by atoms with Crippen LogP contribution in [0.2, 0.25) is 0 Å². The van der Waals surface area contributed by atoms with E-state index in [4.69, 9.17) is 0 Å². The number of nitrogens with one attached hydrogen (secondary N) is 1. The molecule has 0 aromatic heterocycles. The van der Waals surface area contributed by atoms with Crippen LogP contribution in [0, 0.1) is 0 Å². The molecule has 0 saturated carbocycles. The molecule has 1 heterocycles. The number of aliphatic hydroxyl groups excluding tert-OH is 1. The first kappa shape index (κ1) is 11.6. The van der Waals surface area contributed by atoms with Crippen LogP contribution in [0.4, 0.5) is 5.69 Å². The summed E-state index contributed by atoms with van der Waals surface area (Å²) in [4.78, 5) is 1.20. The second-order valence-electron chi connectivity index (χ2n) is 4.41. The standard InChI is InChI=1S/C15H15NOS/c17-13-10-18-14-9-5-4-8-12(14)16-15(13)11-6-2-1-3-7-11/h1-9,13,15-17H,10H2/t13-,15-/m1/s1. The first-order valence-corrected chi connectivity index (χ1v) is 7.04. The SMILES string of the molecule is O[C@@H]1CSc2ccccc2N[C@@H]1c1ccccc1. The smallest absolute Gasteiger partial charge is 0.0876 e. The molecule has 0 saturated heterocycles. The summed E-state index contributed by atoms with van der Waals surface area (Å²) in [5.74, 6) is 0.712. The number of thioether (sulfide) groups is 1. The van der Waals surface area contributed by atoms with Crippen LogP contribution in [-0.4, -0.2) is 17.0 Å². The lowest BCUT2D eigenvalue weighted by atomic mass is 10.0. The van der Waals surface area contributed by atoms with Crippen molar-refractivity contribution in [1.82, 2.24) is 0 Å². The quantitative estimate of drug-likeness (QED) is 0.822. The molecule has 0 aliphatic carbocycles. The van der Waals surface area contributed by atoms with E-state index in [1.165, 1.54) is 4.90 Å². The maximum absolute atomic E-state index is 10.3. The molecule has 2 atom stereocenters. The van der Waals surface area contributed by atoms with Crippen molar-refractivity contribution in [2.45, 2.75) is 17.0 Å². The molecule has 18 heavy (non-hydrogen) atoms. The summed E-state index contributed by atoms with van der Waals surface area (Å²) in [5, 5.41) is 13.7. The molecule has 0 bridgehead atoms. The minimum absolute atomic E-state index is 0.0395. The zero-order chi connectivity index (χ0) is 12.4. The molecule has 0 amide bonds. The molecule has 92 valence electrons. The van der Waals surface area contributed by atoms with Crippen molar-refractivity contribution in [2.24, 2.45) is 0 Å². The van der Waals surface area contributed by atoms with Gasteiger partial charge in [0.15, 0.2) is 0 Å². The second-order valence-corrected chi connectivity index (χ2v) is 5.47. The van der Waals surface area contributed by atoms with Gasteiger partial charge in [-0.3, -0.25) is 0 Å². The van der Waals surface area contributed by atoms with Crippen molar-refractivity contribution in [1.29, 1.82) is 0 Å². The zero-order valence-corrected chi connectivity index (χ0v) is 10.7. The first-order valence-electron chi connectivity index (χ1n) is 6.06. The van der Waals surface area contributed by atoms with Crippen LogP contribution >= 0.6 is 11.8 Å². The number of benzene rings is 2. The van der Waals surface area contributed by atoms with Gasteiger partial charge in [-0.1, -0.05) is 42.5 Å². The zero-order valence-electron chi connectivity index (χ0n) is 9.91. The largest absolute Gasteiger partial charge is 0.390 e. The third-order valence-electron chi connectivity index (χ3n) is 3.15.